The lowest BCUT2D eigenvalue weighted by atomic mass is 9.51. The topological polar surface area (TPSA) is 119 Å². The lowest BCUT2D eigenvalue weighted by Crippen LogP contribution is -2.72. The molecule has 3 aliphatic heterocycles. The number of aliphatic carboxylic acids is 1. The van der Waals surface area contributed by atoms with Gasteiger partial charge < -0.3 is 24.4 Å². The third-order valence-electron chi connectivity index (χ3n) is 11.8. The Morgan fingerprint density at radius 1 is 1.09 bits per heavy atom. The van der Waals surface area contributed by atoms with E-state index in [-0.39, 0.29) is 58.4 Å². The molecular formula is C38H44O8. The van der Waals surface area contributed by atoms with Crippen LogP contribution in [-0.2, 0) is 20.7 Å². The van der Waals surface area contributed by atoms with E-state index in [1.165, 1.54) is 13.0 Å². The zero-order valence-corrected chi connectivity index (χ0v) is 27.8. The van der Waals surface area contributed by atoms with Crippen LogP contribution in [0.5, 0.6) is 17.2 Å². The Kier molecular flexibility index (Phi) is 6.53. The van der Waals surface area contributed by atoms with Crippen LogP contribution in [0.25, 0.3) is 0 Å². The van der Waals surface area contributed by atoms with E-state index < -0.39 is 34.3 Å². The third-order valence-corrected chi connectivity index (χ3v) is 11.8. The molecule has 8 rings (SSSR count). The van der Waals surface area contributed by atoms with Crippen LogP contribution in [0.3, 0.4) is 0 Å². The minimum atomic E-state index is -1.62. The minimum Gasteiger partial charge on any atom is -0.507 e. The van der Waals surface area contributed by atoms with Gasteiger partial charge in [-0.25, -0.2) is 4.79 Å². The molecule has 1 aromatic carbocycles. The van der Waals surface area contributed by atoms with E-state index in [2.05, 4.69) is 19.6 Å². The molecule has 2 unspecified atom stereocenters. The maximum Gasteiger partial charge on any atom is 0.330 e. The number of phenols is 1. The van der Waals surface area contributed by atoms with Crippen molar-refractivity contribution in [1.29, 1.82) is 0 Å². The van der Waals surface area contributed by atoms with E-state index in [0.717, 1.165) is 24.0 Å². The SMILES string of the molecule is C=C(C)C1CC[C@]2(C)CC1c1c(O)c3c(c(CC=C(C)C)c1O2)O[C@]12C(=C[C@@H]4C[C@@H]1C(C)(C)O[C@@]2(C/C=C(\C)C(=O)O)C4=O)C3=O. The number of allylic oxidation sites excluding steroid dienone is 4. The van der Waals surface area contributed by atoms with Crippen LogP contribution < -0.4 is 9.47 Å². The molecule has 6 bridgehead atoms. The molecule has 1 saturated heterocycles. The van der Waals surface area contributed by atoms with Crippen molar-refractivity contribution in [3.63, 3.8) is 0 Å². The summed E-state index contributed by atoms with van der Waals surface area (Å²) in [5.41, 5.74) is -0.519. The molecule has 7 aliphatic rings. The molecule has 3 fully saturated rings. The van der Waals surface area contributed by atoms with Crippen molar-refractivity contribution in [2.24, 2.45) is 17.8 Å². The molecule has 1 spiro atoms. The normalized spacial score (nSPS) is 36.1. The number of fused-ring (bicyclic) bond motifs is 5. The first-order chi connectivity index (χ1) is 21.5. The fourth-order valence-electron chi connectivity index (χ4n) is 9.66. The number of rotatable bonds is 6. The van der Waals surface area contributed by atoms with Gasteiger partial charge in [0.05, 0.1) is 5.60 Å². The molecule has 2 N–H and O–H groups in total. The van der Waals surface area contributed by atoms with Crippen molar-refractivity contribution in [2.45, 2.75) is 115 Å². The van der Waals surface area contributed by atoms with Gasteiger partial charge in [-0.1, -0.05) is 36.0 Å². The maximum absolute atomic E-state index is 15.0. The van der Waals surface area contributed by atoms with E-state index in [4.69, 9.17) is 14.2 Å². The fourth-order valence-corrected chi connectivity index (χ4v) is 9.66. The highest BCUT2D eigenvalue weighted by atomic mass is 16.6. The van der Waals surface area contributed by atoms with Gasteiger partial charge in [0.15, 0.2) is 22.8 Å². The summed E-state index contributed by atoms with van der Waals surface area (Å²) < 4.78 is 20.8. The molecular weight excluding hydrogens is 584 g/mol. The maximum atomic E-state index is 15.0. The van der Waals surface area contributed by atoms with Crippen molar-refractivity contribution >= 4 is 17.5 Å². The molecule has 0 radical (unpaired) electrons. The number of ketones is 2. The van der Waals surface area contributed by atoms with Crippen molar-refractivity contribution < 1.29 is 38.8 Å². The van der Waals surface area contributed by atoms with Crippen LogP contribution in [0, 0.1) is 17.8 Å². The van der Waals surface area contributed by atoms with Crippen LogP contribution in [-0.4, -0.2) is 50.2 Å². The summed E-state index contributed by atoms with van der Waals surface area (Å²) in [6, 6.07) is 0. The van der Waals surface area contributed by atoms with Gasteiger partial charge in [-0.2, -0.15) is 0 Å². The minimum absolute atomic E-state index is 0.0580. The number of hydrogen-bond acceptors (Lipinski definition) is 7. The second kappa shape index (κ2) is 9.69. The molecule has 46 heavy (non-hydrogen) atoms. The van der Waals surface area contributed by atoms with Crippen LogP contribution in [0.2, 0.25) is 0 Å². The Morgan fingerprint density at radius 2 is 1.80 bits per heavy atom. The Hall–Kier alpha value is -3.65. The van der Waals surface area contributed by atoms with Gasteiger partial charge in [-0.15, -0.1) is 0 Å². The Morgan fingerprint density at radius 3 is 2.46 bits per heavy atom. The highest BCUT2D eigenvalue weighted by molar-refractivity contribution is 6.18. The molecule has 4 aliphatic carbocycles. The monoisotopic (exact) mass is 628 g/mol. The first-order valence-electron chi connectivity index (χ1n) is 16.5. The number of hydrogen-bond donors (Lipinski definition) is 2. The second-order valence-electron chi connectivity index (χ2n) is 15.5. The number of benzene rings is 1. The predicted molar refractivity (Wildman–Crippen MR) is 171 cm³/mol. The smallest absolute Gasteiger partial charge is 0.330 e. The number of carbonyl (C=O) groups excluding carboxylic acids is 2. The summed E-state index contributed by atoms with van der Waals surface area (Å²) >= 11 is 0. The highest BCUT2D eigenvalue weighted by Crippen LogP contribution is 2.69. The quantitative estimate of drug-likeness (QED) is 0.257. The molecule has 1 aromatic rings. The van der Waals surface area contributed by atoms with Crippen LogP contribution >= 0.6 is 0 Å². The van der Waals surface area contributed by atoms with Crippen LogP contribution in [0.15, 0.2) is 47.1 Å². The Bertz CT molecular complexity index is 1740. The molecule has 244 valence electrons. The van der Waals surface area contributed by atoms with E-state index >= 15 is 0 Å². The predicted octanol–water partition coefficient (Wildman–Crippen LogP) is 6.94. The zero-order valence-electron chi connectivity index (χ0n) is 27.8. The van der Waals surface area contributed by atoms with Crippen molar-refractivity contribution in [3.05, 3.63) is 63.8 Å². The van der Waals surface area contributed by atoms with Crippen molar-refractivity contribution in [2.75, 3.05) is 0 Å². The van der Waals surface area contributed by atoms with Crippen molar-refractivity contribution in [3.8, 4) is 17.2 Å². The highest BCUT2D eigenvalue weighted by Gasteiger charge is 2.81. The Labute approximate surface area is 270 Å². The summed E-state index contributed by atoms with van der Waals surface area (Å²) in [5, 5.41) is 21.8. The first-order valence-corrected chi connectivity index (χ1v) is 16.5. The fraction of sp³-hybridized carbons (Fsp3) is 0.553. The van der Waals surface area contributed by atoms with Crippen LogP contribution in [0.4, 0.5) is 0 Å². The third kappa shape index (κ3) is 3.85. The number of ether oxygens (including phenoxy) is 3. The molecule has 3 heterocycles. The van der Waals surface area contributed by atoms with Gasteiger partial charge in [-0.05, 0) is 86.5 Å². The summed E-state index contributed by atoms with van der Waals surface area (Å²) in [6.45, 7) is 17.7. The molecule has 0 amide bonds. The summed E-state index contributed by atoms with van der Waals surface area (Å²) in [4.78, 5) is 41.1. The van der Waals surface area contributed by atoms with Gasteiger partial charge >= 0.3 is 5.97 Å². The summed E-state index contributed by atoms with van der Waals surface area (Å²) in [7, 11) is 0. The van der Waals surface area contributed by atoms with E-state index in [1.807, 2.05) is 34.6 Å². The summed E-state index contributed by atoms with van der Waals surface area (Å²) in [6.07, 6.45) is 8.47. The Balaban J connectivity index is 1.52. The van der Waals surface area contributed by atoms with Crippen molar-refractivity contribution in [1.82, 2.24) is 0 Å². The lowest BCUT2D eigenvalue weighted by molar-refractivity contribution is -0.171. The molecule has 2 saturated carbocycles. The molecule has 0 aromatic heterocycles. The molecule has 7 atom stereocenters. The number of carbonyl (C=O) groups is 3. The van der Waals surface area contributed by atoms with Crippen LogP contribution in [0.1, 0.15) is 108 Å². The van der Waals surface area contributed by atoms with E-state index in [9.17, 15) is 24.6 Å². The largest absolute Gasteiger partial charge is 0.507 e. The van der Waals surface area contributed by atoms with Gasteiger partial charge in [0.1, 0.15) is 28.4 Å². The number of phenolic OH excluding ortho intramolecular Hbond substituents is 1. The number of carboxylic acid groups (broad SMARTS) is 1. The lowest BCUT2D eigenvalue weighted by Gasteiger charge is -2.56. The average Bonchev–Trinajstić information content (AvgIpc) is 3.11. The standard InChI is InChI=1S/C38H44O8/c1-18(2)9-10-23-31-27(24-17-36(8,44-31)13-12-22(24)19(3)4)30(40)28-29(39)25-15-21-16-26-35(6,7)46-37(33(21)41,14-11-20(5)34(42)43)38(25,26)45-32(23)28/h9,11,15,21-22,24,26,40H,3,10,12-14,16-17H2,1-2,4-8H3,(H,42,43)/b20-11+/t21-,22?,24?,26-,36-,37+,38-/m1/s1. The van der Waals surface area contributed by atoms with Gasteiger partial charge in [-0.3, -0.25) is 9.59 Å². The average molecular weight is 629 g/mol. The molecule has 8 nitrogen and oxygen atoms in total. The molecule has 8 heteroatoms. The van der Waals surface area contributed by atoms with E-state index in [0.29, 0.717) is 41.7 Å². The van der Waals surface area contributed by atoms with Gasteiger partial charge in [0.25, 0.3) is 0 Å². The second-order valence-corrected chi connectivity index (χ2v) is 15.5. The van der Waals surface area contributed by atoms with E-state index in [1.54, 1.807) is 6.08 Å². The number of Topliss-reactive ketones (excluding diaryl/α,β-unsaturated/α-hetero) is 2. The zero-order chi connectivity index (χ0) is 33.3. The first kappa shape index (κ1) is 31.0. The summed E-state index contributed by atoms with van der Waals surface area (Å²) in [5.74, 6) is -1.93. The van der Waals surface area contributed by atoms with Gasteiger partial charge in [0, 0.05) is 46.4 Å². The number of aromatic hydroxyl groups is 1. The van der Waals surface area contributed by atoms with Gasteiger partial charge in [0.2, 0.25) is 0 Å². The number of carboxylic acids is 1.